The third-order valence-corrected chi connectivity index (χ3v) is 8.21. The summed E-state index contributed by atoms with van der Waals surface area (Å²) in [6.45, 7) is 8.19. The third-order valence-electron chi connectivity index (χ3n) is 8.21. The summed E-state index contributed by atoms with van der Waals surface area (Å²) in [5.74, 6) is -4.78. The molecule has 2 fully saturated rings. The van der Waals surface area contributed by atoms with Gasteiger partial charge in [0.15, 0.2) is 17.8 Å². The fourth-order valence-corrected chi connectivity index (χ4v) is 5.97. The van der Waals surface area contributed by atoms with Crippen LogP contribution in [-0.2, 0) is 61.5 Å². The van der Waals surface area contributed by atoms with Crippen molar-refractivity contribution in [1.29, 1.82) is 0 Å². The molecule has 0 radical (unpaired) electrons. The Labute approximate surface area is 256 Å². The number of hydrogen-bond donors (Lipinski definition) is 2. The highest BCUT2D eigenvalue weighted by Crippen LogP contribution is 2.56. The van der Waals surface area contributed by atoms with E-state index in [0.29, 0.717) is 24.8 Å². The number of carboxylic acids is 1. The molecule has 5 atom stereocenters. The Kier molecular flexibility index (Phi) is 9.53. The molecule has 0 unspecified atom stereocenters. The van der Waals surface area contributed by atoms with E-state index >= 15 is 0 Å². The van der Waals surface area contributed by atoms with Gasteiger partial charge in [0.1, 0.15) is 0 Å². The first-order valence-corrected chi connectivity index (χ1v) is 14.6. The van der Waals surface area contributed by atoms with Gasteiger partial charge in [0.05, 0.1) is 12.2 Å². The average molecular weight is 613 g/mol. The highest BCUT2D eigenvalue weighted by Gasteiger charge is 2.75. The number of carbonyl (C=O) groups is 4. The average Bonchev–Trinajstić information content (AvgIpc) is 3.30. The first kappa shape index (κ1) is 33.1. The Morgan fingerprint density at radius 1 is 0.909 bits per heavy atom. The minimum Gasteiger partial charge on any atom is -0.481 e. The van der Waals surface area contributed by atoms with Crippen molar-refractivity contribution in [2.45, 2.75) is 103 Å². The zero-order valence-corrected chi connectivity index (χ0v) is 25.9. The molecule has 2 N–H and O–H groups in total. The van der Waals surface area contributed by atoms with Gasteiger partial charge in [-0.1, -0.05) is 36.4 Å². The summed E-state index contributed by atoms with van der Waals surface area (Å²) >= 11 is 0. The fourth-order valence-electron chi connectivity index (χ4n) is 5.97. The second kappa shape index (κ2) is 12.7. The summed E-state index contributed by atoms with van der Waals surface area (Å²) < 4.78 is 30.0. The van der Waals surface area contributed by atoms with Crippen LogP contribution < -0.4 is 0 Å². The van der Waals surface area contributed by atoms with Crippen molar-refractivity contribution >= 4 is 23.9 Å². The molecule has 44 heavy (non-hydrogen) atoms. The van der Waals surface area contributed by atoms with Gasteiger partial charge in [-0.15, -0.1) is 0 Å². The first-order valence-electron chi connectivity index (χ1n) is 14.6. The van der Waals surface area contributed by atoms with Crippen molar-refractivity contribution in [3.63, 3.8) is 0 Å². The summed E-state index contributed by atoms with van der Waals surface area (Å²) in [4.78, 5) is 47.9. The van der Waals surface area contributed by atoms with Crippen LogP contribution in [0.4, 0.5) is 0 Å². The maximum Gasteiger partial charge on any atom is 0.303 e. The summed E-state index contributed by atoms with van der Waals surface area (Å²) in [6.07, 6.45) is -2.28. The molecule has 0 spiro atoms. The van der Waals surface area contributed by atoms with Crippen LogP contribution in [0, 0.1) is 6.92 Å². The number of aliphatic hydroxyl groups is 1. The molecule has 0 aromatic heterocycles. The highest BCUT2D eigenvalue weighted by molar-refractivity contribution is 5.69. The largest absolute Gasteiger partial charge is 0.481 e. The van der Waals surface area contributed by atoms with Gasteiger partial charge in [-0.2, -0.15) is 0 Å². The molecule has 2 bridgehead atoms. The topological polar surface area (TPSA) is 155 Å². The lowest BCUT2D eigenvalue weighted by Crippen LogP contribution is -2.72. The number of fused-ring (bicyclic) bond motifs is 2. The number of rotatable bonds is 11. The molecule has 11 nitrogen and oxygen atoms in total. The summed E-state index contributed by atoms with van der Waals surface area (Å²) in [6, 6.07) is 13.4. The molecule has 0 amide bonds. The summed E-state index contributed by atoms with van der Waals surface area (Å²) in [7, 11) is 0. The van der Waals surface area contributed by atoms with Crippen LogP contribution in [0.2, 0.25) is 0 Å². The lowest BCUT2D eigenvalue weighted by Gasteiger charge is -2.52. The molecular formula is C33H40O11. The van der Waals surface area contributed by atoms with E-state index < -0.39 is 59.2 Å². The van der Waals surface area contributed by atoms with E-state index in [1.54, 1.807) is 6.07 Å². The second-order valence-electron chi connectivity index (χ2n) is 12.0. The van der Waals surface area contributed by atoms with Crippen molar-refractivity contribution in [3.8, 4) is 0 Å². The summed E-state index contributed by atoms with van der Waals surface area (Å²) in [5, 5.41) is 20.3. The van der Waals surface area contributed by atoms with Crippen molar-refractivity contribution in [2.24, 2.45) is 0 Å². The van der Waals surface area contributed by atoms with Crippen LogP contribution in [0.5, 0.6) is 0 Å². The molecule has 0 aliphatic carbocycles. The van der Waals surface area contributed by atoms with Crippen LogP contribution in [0.1, 0.15) is 75.3 Å². The van der Waals surface area contributed by atoms with E-state index in [0.717, 1.165) is 22.3 Å². The number of aliphatic carboxylic acids is 1. The van der Waals surface area contributed by atoms with Crippen molar-refractivity contribution < 1.29 is 53.1 Å². The molecule has 2 aromatic carbocycles. The Morgan fingerprint density at radius 2 is 1.50 bits per heavy atom. The van der Waals surface area contributed by atoms with Gasteiger partial charge in [0.2, 0.25) is 11.9 Å². The molecule has 238 valence electrons. The van der Waals surface area contributed by atoms with Gasteiger partial charge in [-0.3, -0.25) is 19.2 Å². The van der Waals surface area contributed by atoms with Gasteiger partial charge in [0, 0.05) is 32.8 Å². The number of carbonyl (C=O) groups excluding carboxylic acids is 3. The summed E-state index contributed by atoms with van der Waals surface area (Å²) in [5.41, 5.74) is 1.02. The number of aryl methyl sites for hydroxylation is 2. The number of esters is 3. The van der Waals surface area contributed by atoms with Gasteiger partial charge in [-0.25, -0.2) is 0 Å². The Hall–Kier alpha value is -3.80. The van der Waals surface area contributed by atoms with Crippen LogP contribution in [0.15, 0.2) is 42.5 Å². The minimum absolute atomic E-state index is 0.114. The van der Waals surface area contributed by atoms with E-state index in [2.05, 4.69) is 0 Å². The smallest absolute Gasteiger partial charge is 0.303 e. The predicted octanol–water partition coefficient (Wildman–Crippen LogP) is 3.51. The molecule has 11 heteroatoms. The minimum atomic E-state index is -1.82. The maximum absolute atomic E-state index is 12.4. The molecule has 2 saturated heterocycles. The number of ether oxygens (including phenoxy) is 5. The molecule has 2 heterocycles. The van der Waals surface area contributed by atoms with Crippen LogP contribution >= 0.6 is 0 Å². The molecule has 2 aliphatic heterocycles. The van der Waals surface area contributed by atoms with Crippen LogP contribution in [0.25, 0.3) is 0 Å². The highest BCUT2D eigenvalue weighted by atomic mass is 16.8. The Bertz CT molecular complexity index is 1410. The standard InChI is InChI=1S/C33H40O11/c1-19-10-15-26(17-25(19)16-24-13-11-23(12-14-24)8-7-9-27(37)38)33-30(43-22(4)36)28(41-20(2)34)29(42-21(3)35)32(44-33,18-40-33)31(5,6)39/h10-15,17,28-30,39H,7-9,16,18H2,1-6H3,(H,37,38)/t28-,29-,30+,32-,33-/m0/s1. The normalized spacial score (nSPS) is 26.1. The monoisotopic (exact) mass is 612 g/mol. The maximum atomic E-state index is 12.4. The van der Waals surface area contributed by atoms with Crippen LogP contribution in [-0.4, -0.2) is 70.2 Å². The Morgan fingerprint density at radius 3 is 2.07 bits per heavy atom. The fraction of sp³-hybridized carbons (Fsp3) is 0.515. The SMILES string of the molecule is CC(=O)O[C@@H]1[C@@H](OC(C)=O)[C@@]2(c3ccc(C)c(Cc4ccc(CCCC(=O)O)cc4)c3)OC[C@](C(C)(C)O)(O2)[C@H]1OC(C)=O. The van der Waals surface area contributed by atoms with Crippen molar-refractivity contribution in [3.05, 3.63) is 70.3 Å². The number of benzene rings is 2. The lowest BCUT2D eigenvalue weighted by atomic mass is 9.74. The van der Waals surface area contributed by atoms with E-state index in [9.17, 15) is 24.3 Å². The van der Waals surface area contributed by atoms with Gasteiger partial charge in [-0.05, 0) is 68.4 Å². The Balaban J connectivity index is 1.76. The van der Waals surface area contributed by atoms with Gasteiger partial charge >= 0.3 is 23.9 Å². The van der Waals surface area contributed by atoms with Crippen molar-refractivity contribution in [2.75, 3.05) is 6.61 Å². The van der Waals surface area contributed by atoms with Gasteiger partial charge in [0.25, 0.3) is 0 Å². The van der Waals surface area contributed by atoms with E-state index in [-0.39, 0.29) is 13.0 Å². The van der Waals surface area contributed by atoms with Gasteiger partial charge < -0.3 is 33.9 Å². The van der Waals surface area contributed by atoms with Crippen molar-refractivity contribution in [1.82, 2.24) is 0 Å². The van der Waals surface area contributed by atoms with E-state index in [1.165, 1.54) is 34.6 Å². The quantitative estimate of drug-likeness (QED) is 0.283. The third kappa shape index (κ3) is 6.64. The van der Waals surface area contributed by atoms with Crippen LogP contribution in [0.3, 0.4) is 0 Å². The molecular weight excluding hydrogens is 572 g/mol. The van der Waals surface area contributed by atoms with E-state index in [1.807, 2.05) is 43.3 Å². The zero-order valence-electron chi connectivity index (χ0n) is 25.9. The molecule has 2 aliphatic rings. The zero-order chi connectivity index (χ0) is 32.4. The molecule has 4 rings (SSSR count). The first-order chi connectivity index (χ1) is 20.6. The molecule has 0 saturated carbocycles. The molecule has 2 aromatic rings. The lowest BCUT2D eigenvalue weighted by molar-refractivity contribution is -0.350. The number of hydrogen-bond acceptors (Lipinski definition) is 10. The van der Waals surface area contributed by atoms with E-state index in [4.69, 9.17) is 28.8 Å². The second-order valence-corrected chi connectivity index (χ2v) is 12.0. The predicted molar refractivity (Wildman–Crippen MR) is 155 cm³/mol. The number of carboxylic acid groups (broad SMARTS) is 1.